The number of carbonyl (C=O) groups excluding carboxylic acids is 1. The minimum Gasteiger partial charge on any atom is -0.294 e. The number of carbonyl (C=O) groups is 1. The van der Waals surface area contributed by atoms with E-state index in [1.807, 2.05) is 0 Å². The average molecular weight is 282 g/mol. The number of hydrogen-bond acceptors (Lipinski definition) is 3. The van der Waals surface area contributed by atoms with Crippen molar-refractivity contribution >= 4 is 23.5 Å². The highest BCUT2D eigenvalue weighted by molar-refractivity contribution is 6.29. The van der Waals surface area contributed by atoms with Gasteiger partial charge in [-0.05, 0) is 31.2 Å². The third kappa shape index (κ3) is 3.44. The summed E-state index contributed by atoms with van der Waals surface area (Å²) >= 11 is 5.80. The van der Waals surface area contributed by atoms with Gasteiger partial charge in [0.25, 0.3) is 0 Å². The molecule has 1 aliphatic carbocycles. The van der Waals surface area contributed by atoms with E-state index in [4.69, 9.17) is 11.6 Å². The molecule has 0 radical (unpaired) electrons. The first-order valence-corrected chi connectivity index (χ1v) is 7.20. The zero-order valence-corrected chi connectivity index (χ0v) is 12.2. The number of hydrogen-bond donors (Lipinski definition) is 1. The molecule has 0 bridgehead atoms. The predicted octanol–water partition coefficient (Wildman–Crippen LogP) is 3.68. The molecule has 0 atom stereocenters. The molecule has 2 rings (SSSR count). The van der Waals surface area contributed by atoms with Crippen LogP contribution in [0.5, 0.6) is 0 Å². The maximum Gasteiger partial charge on any atom is 0.232 e. The molecule has 4 nitrogen and oxygen atoms in total. The Morgan fingerprint density at radius 2 is 2.16 bits per heavy atom. The van der Waals surface area contributed by atoms with Gasteiger partial charge in [0.1, 0.15) is 5.15 Å². The maximum absolute atomic E-state index is 12.5. The first-order valence-electron chi connectivity index (χ1n) is 6.82. The molecule has 104 valence electrons. The van der Waals surface area contributed by atoms with E-state index in [0.29, 0.717) is 17.0 Å². The Labute approximate surface area is 119 Å². The second kappa shape index (κ2) is 5.87. The van der Waals surface area contributed by atoms with Crippen LogP contribution in [0.3, 0.4) is 0 Å². The van der Waals surface area contributed by atoms with Crippen LogP contribution >= 0.6 is 11.6 Å². The monoisotopic (exact) mass is 281 g/mol. The Bertz CT molecular complexity index is 456. The first kappa shape index (κ1) is 14.3. The van der Waals surface area contributed by atoms with Crippen LogP contribution in [-0.2, 0) is 4.79 Å². The van der Waals surface area contributed by atoms with Gasteiger partial charge in [0, 0.05) is 11.6 Å². The lowest BCUT2D eigenvalue weighted by Gasteiger charge is -2.29. The van der Waals surface area contributed by atoms with Crippen LogP contribution in [-0.4, -0.2) is 15.9 Å². The zero-order chi connectivity index (χ0) is 13.9. The number of amides is 1. The lowest BCUT2D eigenvalue weighted by Crippen LogP contribution is -2.35. The van der Waals surface area contributed by atoms with Gasteiger partial charge < -0.3 is 0 Å². The van der Waals surface area contributed by atoms with Gasteiger partial charge in [-0.15, -0.1) is 0 Å². The summed E-state index contributed by atoms with van der Waals surface area (Å²) in [6, 6.07) is 1.59. The normalized spacial score (nSPS) is 17.7. The summed E-state index contributed by atoms with van der Waals surface area (Å²) in [5.74, 6) is 0.845. The fourth-order valence-electron chi connectivity index (χ4n) is 2.99. The minimum atomic E-state index is -0.250. The molecule has 1 aromatic rings. The Balaban J connectivity index is 2.12. The highest BCUT2D eigenvalue weighted by atomic mass is 35.5. The van der Waals surface area contributed by atoms with Crippen LogP contribution in [0.2, 0.25) is 5.15 Å². The van der Waals surface area contributed by atoms with Crippen molar-refractivity contribution in [1.82, 2.24) is 9.97 Å². The van der Waals surface area contributed by atoms with Crippen molar-refractivity contribution in [2.45, 2.75) is 46.0 Å². The minimum absolute atomic E-state index is 0.0426. The quantitative estimate of drug-likeness (QED) is 0.857. The third-order valence-electron chi connectivity index (χ3n) is 3.69. The number of anilines is 1. The highest BCUT2D eigenvalue weighted by Crippen LogP contribution is 2.43. The molecule has 5 heteroatoms. The van der Waals surface area contributed by atoms with E-state index in [1.54, 1.807) is 12.3 Å². The molecule has 0 aromatic carbocycles. The molecule has 1 aromatic heterocycles. The Morgan fingerprint density at radius 3 is 2.74 bits per heavy atom. The van der Waals surface area contributed by atoms with E-state index >= 15 is 0 Å². The number of rotatable bonds is 4. The van der Waals surface area contributed by atoms with Gasteiger partial charge in [-0.1, -0.05) is 38.3 Å². The molecule has 0 aliphatic heterocycles. The van der Waals surface area contributed by atoms with Crippen LogP contribution < -0.4 is 5.32 Å². The van der Waals surface area contributed by atoms with Crippen LogP contribution in [0, 0.1) is 11.3 Å². The highest BCUT2D eigenvalue weighted by Gasteiger charge is 2.41. The molecular weight excluding hydrogens is 262 g/mol. The number of nitrogens with one attached hydrogen (secondary N) is 1. The maximum atomic E-state index is 12.5. The van der Waals surface area contributed by atoms with Crippen LogP contribution in [0.4, 0.5) is 5.95 Å². The summed E-state index contributed by atoms with van der Waals surface area (Å²) < 4.78 is 0. The third-order valence-corrected chi connectivity index (χ3v) is 3.90. The molecule has 1 heterocycles. The van der Waals surface area contributed by atoms with Gasteiger partial charge in [-0.25, -0.2) is 9.97 Å². The molecule has 1 saturated carbocycles. The molecule has 1 aliphatic rings. The van der Waals surface area contributed by atoms with Gasteiger partial charge in [0.05, 0.1) is 0 Å². The second-order valence-corrected chi connectivity index (χ2v) is 6.13. The average Bonchev–Trinajstić information content (AvgIpc) is 2.78. The standard InChI is InChI=1S/C14H20ClN3O/c1-10(2)9-14(6-3-4-7-14)12(19)18-13-16-8-5-11(15)17-13/h5,8,10H,3-4,6-7,9H2,1-2H3,(H,16,17,18,19). The van der Waals surface area contributed by atoms with Crippen molar-refractivity contribution in [3.8, 4) is 0 Å². The summed E-state index contributed by atoms with van der Waals surface area (Å²) in [5.41, 5.74) is -0.250. The van der Waals surface area contributed by atoms with Crippen molar-refractivity contribution in [3.05, 3.63) is 17.4 Å². The smallest absolute Gasteiger partial charge is 0.232 e. The van der Waals surface area contributed by atoms with E-state index in [-0.39, 0.29) is 11.3 Å². The van der Waals surface area contributed by atoms with E-state index < -0.39 is 0 Å². The Hall–Kier alpha value is -1.16. The van der Waals surface area contributed by atoms with Gasteiger partial charge in [0.15, 0.2) is 0 Å². The van der Waals surface area contributed by atoms with Crippen molar-refractivity contribution in [2.24, 2.45) is 11.3 Å². The molecule has 1 amide bonds. The van der Waals surface area contributed by atoms with Crippen molar-refractivity contribution < 1.29 is 4.79 Å². The first-order chi connectivity index (χ1) is 9.02. The van der Waals surface area contributed by atoms with E-state index in [1.165, 1.54) is 0 Å². The zero-order valence-electron chi connectivity index (χ0n) is 11.4. The van der Waals surface area contributed by atoms with Crippen molar-refractivity contribution in [3.63, 3.8) is 0 Å². The van der Waals surface area contributed by atoms with Gasteiger partial charge in [-0.3, -0.25) is 10.1 Å². The molecule has 1 fully saturated rings. The SMILES string of the molecule is CC(C)CC1(C(=O)Nc2nccc(Cl)n2)CCCC1. The summed E-state index contributed by atoms with van der Waals surface area (Å²) in [5, 5.41) is 3.17. The van der Waals surface area contributed by atoms with E-state index in [2.05, 4.69) is 29.1 Å². The predicted molar refractivity (Wildman–Crippen MR) is 76.0 cm³/mol. The summed E-state index contributed by atoms with van der Waals surface area (Å²) in [7, 11) is 0. The Kier molecular flexibility index (Phi) is 4.40. The van der Waals surface area contributed by atoms with Gasteiger partial charge in [-0.2, -0.15) is 0 Å². The molecular formula is C14H20ClN3O. The summed E-state index contributed by atoms with van der Waals surface area (Å²) in [6.45, 7) is 4.31. The fraction of sp³-hybridized carbons (Fsp3) is 0.643. The Morgan fingerprint density at radius 1 is 1.47 bits per heavy atom. The topological polar surface area (TPSA) is 54.9 Å². The molecule has 0 spiro atoms. The second-order valence-electron chi connectivity index (χ2n) is 5.74. The van der Waals surface area contributed by atoms with Crippen LogP contribution in [0.1, 0.15) is 46.0 Å². The van der Waals surface area contributed by atoms with Gasteiger partial charge >= 0.3 is 0 Å². The number of halogens is 1. The van der Waals surface area contributed by atoms with Crippen LogP contribution in [0.25, 0.3) is 0 Å². The molecule has 19 heavy (non-hydrogen) atoms. The van der Waals surface area contributed by atoms with E-state index in [0.717, 1.165) is 32.1 Å². The molecule has 1 N–H and O–H groups in total. The summed E-state index contributed by atoms with van der Waals surface area (Å²) in [6.07, 6.45) is 6.62. The lowest BCUT2D eigenvalue weighted by atomic mass is 9.78. The lowest BCUT2D eigenvalue weighted by molar-refractivity contribution is -0.126. The van der Waals surface area contributed by atoms with Gasteiger partial charge in [0.2, 0.25) is 11.9 Å². The molecule has 0 saturated heterocycles. The van der Waals surface area contributed by atoms with E-state index in [9.17, 15) is 4.79 Å². The van der Waals surface area contributed by atoms with Crippen molar-refractivity contribution in [1.29, 1.82) is 0 Å². The largest absolute Gasteiger partial charge is 0.294 e. The van der Waals surface area contributed by atoms with Crippen LogP contribution in [0.15, 0.2) is 12.3 Å². The fourth-order valence-corrected chi connectivity index (χ4v) is 3.12. The number of aromatic nitrogens is 2. The molecule has 0 unspecified atom stereocenters. The summed E-state index contributed by atoms with van der Waals surface area (Å²) in [4.78, 5) is 20.6. The van der Waals surface area contributed by atoms with Crippen molar-refractivity contribution in [2.75, 3.05) is 5.32 Å². The number of nitrogens with zero attached hydrogens (tertiary/aromatic N) is 2.